The van der Waals surface area contributed by atoms with E-state index in [0.29, 0.717) is 24.0 Å². The SMILES string of the molecule is CN=C(NCc1ccc(Oc2ccc(F)cc2)cc1)N(C)CC1CCOC1.I. The zero-order chi connectivity index (χ0) is 19.1. The van der Waals surface area contributed by atoms with Crippen LogP contribution in [0.25, 0.3) is 0 Å². The summed E-state index contributed by atoms with van der Waals surface area (Å²) in [7, 11) is 3.84. The fourth-order valence-corrected chi connectivity index (χ4v) is 3.08. The highest BCUT2D eigenvalue weighted by Gasteiger charge is 2.18. The average Bonchev–Trinajstić information content (AvgIpc) is 3.18. The minimum absolute atomic E-state index is 0. The summed E-state index contributed by atoms with van der Waals surface area (Å²) in [5, 5.41) is 3.39. The fraction of sp³-hybridized carbons (Fsp3) is 0.381. The first-order chi connectivity index (χ1) is 13.1. The molecule has 1 atom stereocenters. The van der Waals surface area contributed by atoms with Gasteiger partial charge in [-0.25, -0.2) is 4.39 Å². The second kappa shape index (κ2) is 11.2. The minimum atomic E-state index is -0.275. The zero-order valence-corrected chi connectivity index (χ0v) is 18.6. The molecule has 5 nitrogen and oxygen atoms in total. The lowest BCUT2D eigenvalue weighted by Crippen LogP contribution is -2.41. The van der Waals surface area contributed by atoms with Gasteiger partial charge in [-0.3, -0.25) is 4.99 Å². The van der Waals surface area contributed by atoms with Crippen LogP contribution in [0.3, 0.4) is 0 Å². The predicted octanol–water partition coefficient (Wildman–Crippen LogP) is 4.28. The highest BCUT2D eigenvalue weighted by molar-refractivity contribution is 14.0. The van der Waals surface area contributed by atoms with E-state index in [4.69, 9.17) is 9.47 Å². The molecule has 0 spiro atoms. The van der Waals surface area contributed by atoms with Crippen LogP contribution in [0.4, 0.5) is 4.39 Å². The number of ether oxygens (including phenoxy) is 2. The Kier molecular flexibility index (Phi) is 8.98. The number of guanidine groups is 1. The Morgan fingerprint density at radius 2 is 1.82 bits per heavy atom. The quantitative estimate of drug-likeness (QED) is 0.366. The molecule has 28 heavy (non-hydrogen) atoms. The zero-order valence-electron chi connectivity index (χ0n) is 16.2. The second-order valence-corrected chi connectivity index (χ2v) is 6.71. The number of nitrogens with zero attached hydrogens (tertiary/aromatic N) is 2. The second-order valence-electron chi connectivity index (χ2n) is 6.71. The first-order valence-corrected chi connectivity index (χ1v) is 9.16. The number of hydrogen-bond acceptors (Lipinski definition) is 3. The van der Waals surface area contributed by atoms with E-state index in [1.807, 2.05) is 31.3 Å². The standard InChI is InChI=1S/C21H26FN3O2.HI/c1-23-21(25(2)14-17-11-12-26-15-17)24-13-16-3-7-19(8-4-16)27-20-9-5-18(22)6-10-20;/h3-10,17H,11-15H2,1-2H3,(H,23,24);1H. The molecule has 0 aromatic heterocycles. The summed E-state index contributed by atoms with van der Waals surface area (Å²) >= 11 is 0. The van der Waals surface area contributed by atoms with Crippen LogP contribution in [0.5, 0.6) is 11.5 Å². The summed E-state index contributed by atoms with van der Waals surface area (Å²) < 4.78 is 24.1. The normalized spacial score (nSPS) is 16.4. The van der Waals surface area contributed by atoms with Gasteiger partial charge < -0.3 is 19.7 Å². The maximum atomic E-state index is 12.9. The topological polar surface area (TPSA) is 46.1 Å². The van der Waals surface area contributed by atoms with E-state index in [1.165, 1.54) is 12.1 Å². The van der Waals surface area contributed by atoms with Crippen molar-refractivity contribution in [3.05, 3.63) is 59.9 Å². The highest BCUT2D eigenvalue weighted by Crippen LogP contribution is 2.22. The van der Waals surface area contributed by atoms with E-state index >= 15 is 0 Å². The molecule has 0 bridgehead atoms. The third-order valence-corrected chi connectivity index (χ3v) is 4.55. The van der Waals surface area contributed by atoms with Crippen LogP contribution >= 0.6 is 24.0 Å². The van der Waals surface area contributed by atoms with Gasteiger partial charge in [0.15, 0.2) is 5.96 Å². The number of halogens is 2. The smallest absolute Gasteiger partial charge is 0.193 e. The maximum Gasteiger partial charge on any atom is 0.193 e. The van der Waals surface area contributed by atoms with E-state index in [2.05, 4.69) is 15.2 Å². The molecule has 1 N–H and O–H groups in total. The number of hydrogen-bond donors (Lipinski definition) is 1. The lowest BCUT2D eigenvalue weighted by atomic mass is 10.1. The summed E-state index contributed by atoms with van der Waals surface area (Å²) in [6.45, 7) is 3.30. The first-order valence-electron chi connectivity index (χ1n) is 9.16. The van der Waals surface area contributed by atoms with Gasteiger partial charge in [0.05, 0.1) is 6.61 Å². The van der Waals surface area contributed by atoms with Crippen LogP contribution in [0, 0.1) is 11.7 Å². The van der Waals surface area contributed by atoms with Crippen molar-refractivity contribution in [3.8, 4) is 11.5 Å². The van der Waals surface area contributed by atoms with Gasteiger partial charge >= 0.3 is 0 Å². The molecule has 0 radical (unpaired) electrons. The van der Waals surface area contributed by atoms with Crippen LogP contribution in [0.2, 0.25) is 0 Å². The molecule has 0 aliphatic carbocycles. The third-order valence-electron chi connectivity index (χ3n) is 4.55. The number of nitrogens with one attached hydrogen (secondary N) is 1. The van der Waals surface area contributed by atoms with Crippen molar-refractivity contribution in [1.82, 2.24) is 10.2 Å². The monoisotopic (exact) mass is 499 g/mol. The molecule has 3 rings (SSSR count). The molecular weight excluding hydrogens is 472 g/mol. The van der Waals surface area contributed by atoms with Crippen molar-refractivity contribution in [2.45, 2.75) is 13.0 Å². The summed E-state index contributed by atoms with van der Waals surface area (Å²) in [5.74, 6) is 2.49. The molecule has 0 saturated carbocycles. The fourth-order valence-electron chi connectivity index (χ4n) is 3.08. The van der Waals surface area contributed by atoms with Crippen molar-refractivity contribution in [2.24, 2.45) is 10.9 Å². The Balaban J connectivity index is 0.00000280. The molecule has 1 saturated heterocycles. The lowest BCUT2D eigenvalue weighted by Gasteiger charge is -2.24. The third kappa shape index (κ3) is 6.63. The molecule has 1 heterocycles. The van der Waals surface area contributed by atoms with Gasteiger partial charge in [-0.15, -0.1) is 24.0 Å². The molecule has 1 fully saturated rings. The van der Waals surface area contributed by atoms with Crippen LogP contribution < -0.4 is 10.1 Å². The number of aliphatic imine (C=N–C) groups is 1. The molecule has 1 aliphatic rings. The molecular formula is C21H27FIN3O2. The van der Waals surface area contributed by atoms with Gasteiger partial charge in [0.25, 0.3) is 0 Å². The van der Waals surface area contributed by atoms with Gasteiger partial charge in [-0.1, -0.05) is 12.1 Å². The Morgan fingerprint density at radius 1 is 1.18 bits per heavy atom. The lowest BCUT2D eigenvalue weighted by molar-refractivity contribution is 0.181. The Labute approximate surface area is 183 Å². The van der Waals surface area contributed by atoms with Crippen LogP contribution in [0.15, 0.2) is 53.5 Å². The first kappa shape index (κ1) is 22.4. The molecule has 1 unspecified atom stereocenters. The average molecular weight is 499 g/mol. The largest absolute Gasteiger partial charge is 0.457 e. The van der Waals surface area contributed by atoms with E-state index in [-0.39, 0.29) is 29.8 Å². The van der Waals surface area contributed by atoms with Crippen LogP contribution in [0.1, 0.15) is 12.0 Å². The minimum Gasteiger partial charge on any atom is -0.457 e. The summed E-state index contributed by atoms with van der Waals surface area (Å²) in [5.41, 5.74) is 1.13. The van der Waals surface area contributed by atoms with Crippen molar-refractivity contribution in [2.75, 3.05) is 33.9 Å². The Hall–Kier alpha value is -1.87. The van der Waals surface area contributed by atoms with E-state index in [1.54, 1.807) is 19.2 Å². The molecule has 152 valence electrons. The molecule has 2 aromatic rings. The molecule has 0 amide bonds. The van der Waals surface area contributed by atoms with E-state index in [9.17, 15) is 4.39 Å². The van der Waals surface area contributed by atoms with Crippen LogP contribution in [-0.4, -0.2) is 44.7 Å². The van der Waals surface area contributed by atoms with Gasteiger partial charge in [0.1, 0.15) is 17.3 Å². The summed E-state index contributed by atoms with van der Waals surface area (Å²) in [4.78, 5) is 6.51. The maximum absolute atomic E-state index is 12.9. The Bertz CT molecular complexity index is 747. The van der Waals surface area contributed by atoms with Gasteiger partial charge in [0.2, 0.25) is 0 Å². The van der Waals surface area contributed by atoms with Crippen LogP contribution in [-0.2, 0) is 11.3 Å². The molecule has 1 aliphatic heterocycles. The van der Waals surface area contributed by atoms with Gasteiger partial charge in [-0.05, 0) is 48.4 Å². The highest BCUT2D eigenvalue weighted by atomic mass is 127. The van der Waals surface area contributed by atoms with Crippen molar-refractivity contribution < 1.29 is 13.9 Å². The van der Waals surface area contributed by atoms with E-state index in [0.717, 1.165) is 37.7 Å². The summed E-state index contributed by atoms with van der Waals surface area (Å²) in [6, 6.07) is 13.8. The van der Waals surface area contributed by atoms with Crippen molar-refractivity contribution >= 4 is 29.9 Å². The van der Waals surface area contributed by atoms with Gasteiger partial charge in [0, 0.05) is 39.7 Å². The van der Waals surface area contributed by atoms with Crippen molar-refractivity contribution in [3.63, 3.8) is 0 Å². The van der Waals surface area contributed by atoms with Gasteiger partial charge in [-0.2, -0.15) is 0 Å². The van der Waals surface area contributed by atoms with Crippen molar-refractivity contribution in [1.29, 1.82) is 0 Å². The molecule has 7 heteroatoms. The van der Waals surface area contributed by atoms with E-state index < -0.39 is 0 Å². The number of rotatable bonds is 6. The Morgan fingerprint density at radius 3 is 2.39 bits per heavy atom. The summed E-state index contributed by atoms with van der Waals surface area (Å²) in [6.07, 6.45) is 1.11. The molecule has 2 aromatic carbocycles. The number of benzene rings is 2. The predicted molar refractivity (Wildman–Crippen MR) is 120 cm³/mol.